The summed E-state index contributed by atoms with van der Waals surface area (Å²) in [4.78, 5) is 15.4. The van der Waals surface area contributed by atoms with E-state index in [4.69, 9.17) is 5.11 Å². The summed E-state index contributed by atoms with van der Waals surface area (Å²) in [7, 11) is 0. The number of hydrogen-bond acceptors (Lipinski definition) is 2. The van der Waals surface area contributed by atoms with Gasteiger partial charge in [0, 0.05) is 6.54 Å². The Hall–Kier alpha value is -2.62. The Balaban J connectivity index is 1.95. The van der Waals surface area contributed by atoms with Crippen molar-refractivity contribution in [3.63, 3.8) is 0 Å². The Morgan fingerprint density at radius 2 is 2.05 bits per heavy atom. The van der Waals surface area contributed by atoms with Crippen molar-refractivity contribution in [2.45, 2.75) is 13.5 Å². The van der Waals surface area contributed by atoms with Crippen LogP contribution in [0.3, 0.4) is 0 Å². The molecular formula is C16H14N2O2. The Labute approximate surface area is 116 Å². The number of hydrogen-bond donors (Lipinski definition) is 1. The van der Waals surface area contributed by atoms with Crippen molar-refractivity contribution in [2.24, 2.45) is 0 Å². The van der Waals surface area contributed by atoms with E-state index in [9.17, 15) is 4.79 Å². The number of rotatable bonds is 3. The SMILES string of the molecule is Cc1cc(Cn2cnc3ccccc32)ccc1C(=O)O. The second-order valence-corrected chi connectivity index (χ2v) is 4.82. The van der Waals surface area contributed by atoms with Gasteiger partial charge >= 0.3 is 5.97 Å². The molecule has 4 nitrogen and oxygen atoms in total. The summed E-state index contributed by atoms with van der Waals surface area (Å²) < 4.78 is 2.06. The van der Waals surface area contributed by atoms with Gasteiger partial charge in [-0.25, -0.2) is 9.78 Å². The van der Waals surface area contributed by atoms with E-state index in [-0.39, 0.29) is 0 Å². The van der Waals surface area contributed by atoms with E-state index in [1.165, 1.54) is 0 Å². The molecule has 2 aromatic carbocycles. The monoisotopic (exact) mass is 266 g/mol. The Morgan fingerprint density at radius 1 is 1.25 bits per heavy atom. The average molecular weight is 266 g/mol. The molecule has 0 aliphatic heterocycles. The summed E-state index contributed by atoms with van der Waals surface area (Å²) in [6.07, 6.45) is 1.81. The first-order valence-corrected chi connectivity index (χ1v) is 6.38. The molecule has 1 N–H and O–H groups in total. The van der Waals surface area contributed by atoms with Crippen LogP contribution in [0.4, 0.5) is 0 Å². The number of carbonyl (C=O) groups is 1. The number of nitrogens with zero attached hydrogens (tertiary/aromatic N) is 2. The van der Waals surface area contributed by atoms with Gasteiger partial charge in [0.05, 0.1) is 22.9 Å². The number of aromatic nitrogens is 2. The molecule has 0 amide bonds. The molecule has 0 saturated heterocycles. The van der Waals surface area contributed by atoms with Crippen molar-refractivity contribution in [1.82, 2.24) is 9.55 Å². The zero-order valence-electron chi connectivity index (χ0n) is 11.1. The number of fused-ring (bicyclic) bond motifs is 1. The molecule has 3 aromatic rings. The molecule has 0 unspecified atom stereocenters. The van der Waals surface area contributed by atoms with Crippen LogP contribution in [0.2, 0.25) is 0 Å². The first kappa shape index (κ1) is 12.4. The quantitative estimate of drug-likeness (QED) is 0.792. The molecule has 0 aliphatic carbocycles. The van der Waals surface area contributed by atoms with Crippen LogP contribution in [0.25, 0.3) is 11.0 Å². The van der Waals surface area contributed by atoms with Gasteiger partial charge in [-0.1, -0.05) is 24.3 Å². The van der Waals surface area contributed by atoms with E-state index in [0.717, 1.165) is 22.2 Å². The molecule has 3 rings (SSSR count). The van der Waals surface area contributed by atoms with Gasteiger partial charge in [0.2, 0.25) is 0 Å². The Morgan fingerprint density at radius 3 is 2.80 bits per heavy atom. The molecule has 20 heavy (non-hydrogen) atoms. The highest BCUT2D eigenvalue weighted by Gasteiger charge is 2.08. The smallest absolute Gasteiger partial charge is 0.335 e. The molecule has 100 valence electrons. The predicted octanol–water partition coefficient (Wildman–Crippen LogP) is 3.09. The van der Waals surface area contributed by atoms with Crippen LogP contribution >= 0.6 is 0 Å². The lowest BCUT2D eigenvalue weighted by Gasteiger charge is -2.07. The van der Waals surface area contributed by atoms with Gasteiger partial charge < -0.3 is 9.67 Å². The maximum Gasteiger partial charge on any atom is 0.335 e. The molecule has 0 radical (unpaired) electrons. The summed E-state index contributed by atoms with van der Waals surface area (Å²) >= 11 is 0. The van der Waals surface area contributed by atoms with Crippen molar-refractivity contribution in [3.05, 3.63) is 65.5 Å². The Kier molecular flexibility index (Phi) is 2.99. The molecule has 4 heteroatoms. The third kappa shape index (κ3) is 2.16. The predicted molar refractivity (Wildman–Crippen MR) is 77.0 cm³/mol. The van der Waals surface area contributed by atoms with Crippen LogP contribution in [-0.4, -0.2) is 20.6 Å². The summed E-state index contributed by atoms with van der Waals surface area (Å²) in [5.41, 5.74) is 4.23. The minimum atomic E-state index is -0.887. The number of carboxylic acid groups (broad SMARTS) is 1. The highest BCUT2D eigenvalue weighted by molar-refractivity contribution is 5.89. The molecular weight excluding hydrogens is 252 g/mol. The molecule has 0 bridgehead atoms. The molecule has 0 aliphatic rings. The molecule has 0 spiro atoms. The summed E-state index contributed by atoms with van der Waals surface area (Å²) in [5.74, 6) is -0.887. The summed E-state index contributed by atoms with van der Waals surface area (Å²) in [5, 5.41) is 9.04. The van der Waals surface area contributed by atoms with Crippen molar-refractivity contribution < 1.29 is 9.90 Å². The van der Waals surface area contributed by atoms with Crippen LogP contribution in [-0.2, 0) is 6.54 Å². The van der Waals surface area contributed by atoms with Crippen LogP contribution in [0.15, 0.2) is 48.8 Å². The van der Waals surface area contributed by atoms with Crippen molar-refractivity contribution in [3.8, 4) is 0 Å². The van der Waals surface area contributed by atoms with E-state index in [0.29, 0.717) is 12.1 Å². The molecule has 1 aromatic heterocycles. The third-order valence-corrected chi connectivity index (χ3v) is 3.40. The van der Waals surface area contributed by atoms with E-state index in [2.05, 4.69) is 9.55 Å². The van der Waals surface area contributed by atoms with E-state index in [1.807, 2.05) is 49.6 Å². The third-order valence-electron chi connectivity index (χ3n) is 3.40. The Bertz CT molecular complexity index is 790. The fourth-order valence-corrected chi connectivity index (χ4v) is 2.40. The topological polar surface area (TPSA) is 55.1 Å². The van der Waals surface area contributed by atoms with Gasteiger partial charge in [0.1, 0.15) is 0 Å². The molecule has 0 fully saturated rings. The summed E-state index contributed by atoms with van der Waals surface area (Å²) in [6.45, 7) is 2.50. The standard InChI is InChI=1S/C16H14N2O2/c1-11-8-12(6-7-13(11)16(19)20)9-18-10-17-14-4-2-3-5-15(14)18/h2-8,10H,9H2,1H3,(H,19,20). The van der Waals surface area contributed by atoms with Gasteiger partial charge in [-0.15, -0.1) is 0 Å². The highest BCUT2D eigenvalue weighted by Crippen LogP contribution is 2.16. The zero-order valence-corrected chi connectivity index (χ0v) is 11.1. The first-order valence-electron chi connectivity index (χ1n) is 6.38. The van der Waals surface area contributed by atoms with Crippen LogP contribution in [0, 0.1) is 6.92 Å². The lowest BCUT2D eigenvalue weighted by atomic mass is 10.1. The number of benzene rings is 2. The van der Waals surface area contributed by atoms with Gasteiger partial charge in [-0.2, -0.15) is 0 Å². The van der Waals surface area contributed by atoms with Crippen LogP contribution in [0.5, 0.6) is 0 Å². The zero-order chi connectivity index (χ0) is 14.1. The van der Waals surface area contributed by atoms with Crippen LogP contribution in [0.1, 0.15) is 21.5 Å². The van der Waals surface area contributed by atoms with Gasteiger partial charge in [-0.3, -0.25) is 0 Å². The fourth-order valence-electron chi connectivity index (χ4n) is 2.40. The van der Waals surface area contributed by atoms with Gasteiger partial charge in [-0.05, 0) is 36.2 Å². The second kappa shape index (κ2) is 4.81. The number of carboxylic acids is 1. The maximum absolute atomic E-state index is 11.0. The average Bonchev–Trinajstić information content (AvgIpc) is 2.82. The lowest BCUT2D eigenvalue weighted by molar-refractivity contribution is 0.0696. The van der Waals surface area contributed by atoms with Gasteiger partial charge in [0.15, 0.2) is 0 Å². The fraction of sp³-hybridized carbons (Fsp3) is 0.125. The molecule has 1 heterocycles. The number of aryl methyl sites for hydroxylation is 1. The largest absolute Gasteiger partial charge is 0.478 e. The second-order valence-electron chi connectivity index (χ2n) is 4.82. The van der Waals surface area contributed by atoms with E-state index >= 15 is 0 Å². The number of imidazole rings is 1. The minimum Gasteiger partial charge on any atom is -0.478 e. The lowest BCUT2D eigenvalue weighted by Crippen LogP contribution is -2.03. The van der Waals surface area contributed by atoms with E-state index in [1.54, 1.807) is 6.07 Å². The maximum atomic E-state index is 11.0. The highest BCUT2D eigenvalue weighted by atomic mass is 16.4. The number of para-hydroxylation sites is 2. The van der Waals surface area contributed by atoms with Gasteiger partial charge in [0.25, 0.3) is 0 Å². The minimum absolute atomic E-state index is 0.351. The molecule has 0 atom stereocenters. The number of aromatic carboxylic acids is 1. The molecule has 0 saturated carbocycles. The van der Waals surface area contributed by atoms with Crippen LogP contribution < -0.4 is 0 Å². The van der Waals surface area contributed by atoms with E-state index < -0.39 is 5.97 Å². The first-order chi connectivity index (χ1) is 9.65. The van der Waals surface area contributed by atoms with Crippen molar-refractivity contribution in [2.75, 3.05) is 0 Å². The van der Waals surface area contributed by atoms with Crippen molar-refractivity contribution >= 4 is 17.0 Å². The summed E-state index contributed by atoms with van der Waals surface area (Å²) in [6, 6.07) is 13.4. The normalized spacial score (nSPS) is 10.8. The van der Waals surface area contributed by atoms with Crippen molar-refractivity contribution in [1.29, 1.82) is 0 Å².